The number of anilines is 3. The number of rotatable bonds is 2. The number of benzene rings is 5. The van der Waals surface area contributed by atoms with Gasteiger partial charge >= 0.3 is 0 Å². The summed E-state index contributed by atoms with van der Waals surface area (Å²) >= 11 is 0. The van der Waals surface area contributed by atoms with Crippen molar-refractivity contribution < 1.29 is 18.4 Å². The highest BCUT2D eigenvalue weighted by atomic mass is 19.2. The number of para-hydroxylation sites is 1. The second kappa shape index (κ2) is 9.55. The van der Waals surface area contributed by atoms with Gasteiger partial charge in [-0.05, 0) is 87.0 Å². The summed E-state index contributed by atoms with van der Waals surface area (Å²) in [6.07, 6.45) is 1.52. The maximum absolute atomic E-state index is 13.9. The van der Waals surface area contributed by atoms with Crippen LogP contribution in [-0.4, -0.2) is 11.6 Å². The van der Waals surface area contributed by atoms with Gasteiger partial charge in [0.25, 0.3) is 0 Å². The molecule has 0 fully saturated rings. The molecule has 44 heavy (non-hydrogen) atoms. The molecule has 0 radical (unpaired) electrons. The van der Waals surface area contributed by atoms with E-state index in [0.29, 0.717) is 5.56 Å². The van der Waals surface area contributed by atoms with Gasteiger partial charge in [0, 0.05) is 22.2 Å². The molecule has 0 N–H and O–H groups in total. The quantitative estimate of drug-likeness (QED) is 0.153. The second-order valence-corrected chi connectivity index (χ2v) is 13.2. The number of fused-ring (bicyclic) bond motifs is 5. The minimum absolute atomic E-state index is 0.0174. The summed E-state index contributed by atoms with van der Waals surface area (Å²) in [6.45, 7) is 11.2. The van der Waals surface area contributed by atoms with Gasteiger partial charge in [-0.25, -0.2) is 8.78 Å². The number of ketones is 2. The van der Waals surface area contributed by atoms with Crippen molar-refractivity contribution in [2.45, 2.75) is 45.4 Å². The van der Waals surface area contributed by atoms with Crippen LogP contribution < -0.4 is 4.90 Å². The standard InChI is InChI=1S/C39H31F2NO2/c1-38(2,3)24-13-16-33-30(19-24)39(4,5)35-26-14-11-22(17-23(26)12-15-34(35)42(33)25-9-7-6-8-10-25)18-29-36(43)27-20-31(40)32(41)21-28(27)37(29)44/h6-21H,1-5H3. The summed E-state index contributed by atoms with van der Waals surface area (Å²) < 4.78 is 27.7. The molecule has 5 aromatic carbocycles. The van der Waals surface area contributed by atoms with Crippen molar-refractivity contribution in [3.05, 3.63) is 142 Å². The molecule has 0 amide bonds. The van der Waals surface area contributed by atoms with Crippen LogP contribution in [0.3, 0.4) is 0 Å². The van der Waals surface area contributed by atoms with Crippen molar-refractivity contribution in [2.75, 3.05) is 4.90 Å². The van der Waals surface area contributed by atoms with Crippen LogP contribution in [0.5, 0.6) is 0 Å². The highest BCUT2D eigenvalue weighted by Crippen LogP contribution is 2.54. The van der Waals surface area contributed by atoms with Gasteiger partial charge in [-0.2, -0.15) is 0 Å². The summed E-state index contributed by atoms with van der Waals surface area (Å²) in [4.78, 5) is 28.4. The van der Waals surface area contributed by atoms with E-state index in [4.69, 9.17) is 0 Å². The van der Waals surface area contributed by atoms with Crippen molar-refractivity contribution >= 4 is 45.5 Å². The molecule has 0 saturated heterocycles. The molecule has 218 valence electrons. The molecule has 0 spiro atoms. The maximum Gasteiger partial charge on any atom is 0.197 e. The Balaban J connectivity index is 1.40. The van der Waals surface area contributed by atoms with E-state index in [0.717, 1.165) is 40.0 Å². The Kier molecular flexibility index (Phi) is 6.06. The molecule has 0 unspecified atom stereocenters. The lowest BCUT2D eigenvalue weighted by Crippen LogP contribution is -2.31. The average Bonchev–Trinajstić information content (AvgIpc) is 3.20. The molecule has 5 aromatic rings. The third-order valence-corrected chi connectivity index (χ3v) is 9.03. The zero-order chi connectivity index (χ0) is 31.1. The van der Waals surface area contributed by atoms with E-state index in [1.807, 2.05) is 36.4 Å². The highest BCUT2D eigenvalue weighted by molar-refractivity contribution is 6.41. The van der Waals surface area contributed by atoms with Crippen molar-refractivity contribution in [1.82, 2.24) is 0 Å². The van der Waals surface area contributed by atoms with Gasteiger partial charge in [0.2, 0.25) is 0 Å². The molecule has 0 saturated carbocycles. The van der Waals surface area contributed by atoms with Gasteiger partial charge in [-0.1, -0.05) is 83.1 Å². The zero-order valence-electron chi connectivity index (χ0n) is 25.3. The number of halogens is 2. The first kappa shape index (κ1) is 27.9. The van der Waals surface area contributed by atoms with Crippen molar-refractivity contribution in [3.8, 4) is 0 Å². The van der Waals surface area contributed by atoms with E-state index in [1.165, 1.54) is 22.8 Å². The topological polar surface area (TPSA) is 37.4 Å². The SMILES string of the molecule is CC(C)(C)c1ccc2c(c1)C(C)(C)c1c(ccc3cc(C=C4C(=O)c5cc(F)c(F)cc5C4=O)ccc13)N2c1ccccc1. The van der Waals surface area contributed by atoms with Gasteiger partial charge in [0.05, 0.1) is 16.9 Å². The van der Waals surface area contributed by atoms with Crippen LogP contribution in [0.25, 0.3) is 16.8 Å². The third-order valence-electron chi connectivity index (χ3n) is 9.03. The van der Waals surface area contributed by atoms with Gasteiger partial charge in [-0.3, -0.25) is 9.59 Å². The van der Waals surface area contributed by atoms with Crippen molar-refractivity contribution in [3.63, 3.8) is 0 Å². The predicted molar refractivity (Wildman–Crippen MR) is 172 cm³/mol. The summed E-state index contributed by atoms with van der Waals surface area (Å²) in [5.74, 6) is -3.49. The number of nitrogens with zero attached hydrogens (tertiary/aromatic N) is 1. The third kappa shape index (κ3) is 4.14. The molecule has 5 heteroatoms. The fourth-order valence-electron chi connectivity index (χ4n) is 6.70. The maximum atomic E-state index is 13.9. The van der Waals surface area contributed by atoms with Gasteiger partial charge in [0.1, 0.15) is 0 Å². The van der Waals surface area contributed by atoms with Crippen LogP contribution in [0.15, 0.2) is 96.6 Å². The molecule has 1 aliphatic carbocycles. The van der Waals surface area contributed by atoms with Gasteiger partial charge in [0.15, 0.2) is 23.2 Å². The minimum atomic E-state index is -1.15. The molecule has 2 aliphatic rings. The number of hydrogen-bond donors (Lipinski definition) is 0. The monoisotopic (exact) mass is 583 g/mol. The van der Waals surface area contributed by atoms with E-state index >= 15 is 0 Å². The summed E-state index contributed by atoms with van der Waals surface area (Å²) in [6, 6.07) is 28.9. The van der Waals surface area contributed by atoms with Crippen LogP contribution in [0, 0.1) is 11.6 Å². The minimum Gasteiger partial charge on any atom is -0.310 e. The lowest BCUT2D eigenvalue weighted by atomic mass is 9.70. The van der Waals surface area contributed by atoms with Crippen molar-refractivity contribution in [2.24, 2.45) is 0 Å². The van der Waals surface area contributed by atoms with Crippen molar-refractivity contribution in [1.29, 1.82) is 0 Å². The molecular formula is C39H31F2NO2. The Labute approximate surface area is 255 Å². The van der Waals surface area contributed by atoms with E-state index in [9.17, 15) is 18.4 Å². The molecule has 1 heterocycles. The molecule has 0 aromatic heterocycles. The van der Waals surface area contributed by atoms with Gasteiger partial charge < -0.3 is 4.90 Å². The zero-order valence-corrected chi connectivity index (χ0v) is 25.3. The molecule has 3 nitrogen and oxygen atoms in total. The first-order chi connectivity index (χ1) is 20.9. The summed E-state index contributed by atoms with van der Waals surface area (Å²) in [5.41, 5.74) is 6.99. The molecule has 7 rings (SSSR count). The Hall–Kier alpha value is -4.90. The number of carbonyl (C=O) groups is 2. The van der Waals surface area contributed by atoms with E-state index in [1.54, 1.807) is 0 Å². The molecular weight excluding hydrogens is 552 g/mol. The Morgan fingerprint density at radius 3 is 2.00 bits per heavy atom. The first-order valence-electron chi connectivity index (χ1n) is 14.7. The number of hydrogen-bond acceptors (Lipinski definition) is 3. The largest absolute Gasteiger partial charge is 0.310 e. The first-order valence-corrected chi connectivity index (χ1v) is 14.7. The number of allylic oxidation sites excluding steroid dienone is 1. The fourth-order valence-corrected chi connectivity index (χ4v) is 6.70. The Morgan fingerprint density at radius 1 is 0.727 bits per heavy atom. The summed E-state index contributed by atoms with van der Waals surface area (Å²) in [5, 5.41) is 2.03. The number of Topliss-reactive ketones (excluding diaryl/α,β-unsaturated/α-hetero) is 2. The molecule has 0 atom stereocenters. The van der Waals surface area contributed by atoms with Crippen LogP contribution in [0.2, 0.25) is 0 Å². The van der Waals surface area contributed by atoms with Crippen LogP contribution in [-0.2, 0) is 10.8 Å². The lowest BCUT2D eigenvalue weighted by molar-refractivity contribution is 0.0990. The smallest absolute Gasteiger partial charge is 0.197 e. The van der Waals surface area contributed by atoms with Crippen LogP contribution in [0.1, 0.15) is 77.6 Å². The second-order valence-electron chi connectivity index (χ2n) is 13.2. The average molecular weight is 584 g/mol. The lowest BCUT2D eigenvalue weighted by Gasteiger charge is -2.43. The van der Waals surface area contributed by atoms with E-state index in [-0.39, 0.29) is 27.5 Å². The van der Waals surface area contributed by atoms with E-state index < -0.39 is 23.2 Å². The van der Waals surface area contributed by atoms with Crippen LogP contribution >= 0.6 is 0 Å². The Bertz CT molecular complexity index is 2040. The van der Waals surface area contributed by atoms with E-state index in [2.05, 4.69) is 82.0 Å². The number of carbonyl (C=O) groups excluding carboxylic acids is 2. The Morgan fingerprint density at radius 2 is 1.36 bits per heavy atom. The van der Waals surface area contributed by atoms with Gasteiger partial charge in [-0.15, -0.1) is 0 Å². The fraction of sp³-hybridized carbons (Fsp3) is 0.179. The highest BCUT2D eigenvalue weighted by Gasteiger charge is 2.39. The van der Waals surface area contributed by atoms with Crippen LogP contribution in [0.4, 0.5) is 25.8 Å². The normalized spacial score (nSPS) is 15.3. The molecule has 0 bridgehead atoms. The predicted octanol–water partition coefficient (Wildman–Crippen LogP) is 9.99. The summed E-state index contributed by atoms with van der Waals surface area (Å²) in [7, 11) is 0. The molecule has 1 aliphatic heterocycles.